The third-order valence-electron chi connectivity index (χ3n) is 1.44. The van der Waals surface area contributed by atoms with Gasteiger partial charge in [-0.2, -0.15) is 0 Å². The van der Waals surface area contributed by atoms with Crippen molar-refractivity contribution in [1.82, 2.24) is 0 Å². The van der Waals surface area contributed by atoms with Gasteiger partial charge in [-0.05, 0) is 19.3 Å². The van der Waals surface area contributed by atoms with Gasteiger partial charge in [0, 0.05) is 11.4 Å². The first-order valence-electron chi connectivity index (χ1n) is 3.61. The molecule has 2 nitrogen and oxygen atoms in total. The van der Waals surface area contributed by atoms with Crippen LogP contribution in [-0.2, 0) is 0 Å². The van der Waals surface area contributed by atoms with Crippen molar-refractivity contribution in [2.24, 2.45) is 0 Å². The Balaban J connectivity index is 3.13. The molecule has 3 heteroatoms. The number of alkyl halides is 1. The lowest BCUT2D eigenvalue weighted by atomic mass is 10.1. The molecule has 2 unspecified atom stereocenters. The fourth-order valence-electron chi connectivity index (χ4n) is 0.695. The monoisotopic (exact) mass is 210 g/mol. The Hall–Kier alpha value is 0.400. The molecule has 62 valence electrons. The fourth-order valence-corrected chi connectivity index (χ4v) is 0.959. The van der Waals surface area contributed by atoms with E-state index in [-0.39, 0.29) is 17.5 Å². The first-order valence-corrected chi connectivity index (χ1v) is 4.53. The summed E-state index contributed by atoms with van der Waals surface area (Å²) in [6.45, 7) is 2.15. The molecule has 0 bridgehead atoms. The van der Waals surface area contributed by atoms with E-state index in [1.807, 2.05) is 6.92 Å². The average Bonchev–Trinajstić information content (AvgIpc) is 1.88. The second-order valence-corrected chi connectivity index (χ2v) is 3.91. The minimum absolute atomic E-state index is 0.159. The van der Waals surface area contributed by atoms with Gasteiger partial charge >= 0.3 is 0 Å². The van der Waals surface area contributed by atoms with Gasteiger partial charge in [-0.15, -0.1) is 0 Å². The number of aliphatic hydroxyl groups is 2. The van der Waals surface area contributed by atoms with Crippen LogP contribution in [0.4, 0.5) is 0 Å². The number of rotatable bonds is 5. The highest BCUT2D eigenvalue weighted by molar-refractivity contribution is 9.09. The van der Waals surface area contributed by atoms with Crippen LogP contribution in [0.3, 0.4) is 0 Å². The Morgan fingerprint density at radius 3 is 2.40 bits per heavy atom. The van der Waals surface area contributed by atoms with Crippen molar-refractivity contribution in [3.8, 4) is 0 Å². The van der Waals surface area contributed by atoms with Gasteiger partial charge in [-0.25, -0.2) is 0 Å². The van der Waals surface area contributed by atoms with Crippen LogP contribution >= 0.6 is 15.9 Å². The molecule has 0 aromatic rings. The zero-order chi connectivity index (χ0) is 7.98. The van der Waals surface area contributed by atoms with Crippen LogP contribution in [0.25, 0.3) is 0 Å². The number of hydrogen-bond donors (Lipinski definition) is 2. The quantitative estimate of drug-likeness (QED) is 0.531. The molecule has 0 fully saturated rings. The molecule has 0 aliphatic rings. The Labute approximate surface area is 70.4 Å². The molecule has 0 aliphatic carbocycles. The van der Waals surface area contributed by atoms with E-state index in [0.29, 0.717) is 0 Å². The summed E-state index contributed by atoms with van der Waals surface area (Å²) in [5.41, 5.74) is 0. The zero-order valence-electron chi connectivity index (χ0n) is 6.26. The van der Waals surface area contributed by atoms with Crippen LogP contribution in [0.1, 0.15) is 26.2 Å². The number of unbranched alkanes of at least 4 members (excludes halogenated alkanes) is 1. The molecule has 0 aromatic carbocycles. The van der Waals surface area contributed by atoms with Gasteiger partial charge in [-0.1, -0.05) is 22.9 Å². The molecule has 2 atom stereocenters. The molecule has 0 saturated heterocycles. The zero-order valence-corrected chi connectivity index (χ0v) is 7.84. The first kappa shape index (κ1) is 10.4. The SMILES string of the molecule is CC(Br)C(O)CCCCO. The molecule has 0 radical (unpaired) electrons. The fraction of sp³-hybridized carbons (Fsp3) is 1.00. The molecule has 0 saturated carbocycles. The highest BCUT2D eigenvalue weighted by atomic mass is 79.9. The van der Waals surface area contributed by atoms with E-state index in [4.69, 9.17) is 5.11 Å². The number of hydrogen-bond acceptors (Lipinski definition) is 2. The van der Waals surface area contributed by atoms with E-state index in [1.54, 1.807) is 0 Å². The van der Waals surface area contributed by atoms with Crippen LogP contribution in [0.15, 0.2) is 0 Å². The maximum atomic E-state index is 9.22. The van der Waals surface area contributed by atoms with E-state index >= 15 is 0 Å². The standard InChI is InChI=1S/C7H15BrO2/c1-6(8)7(10)4-2-3-5-9/h6-7,9-10H,2-5H2,1H3. The maximum absolute atomic E-state index is 9.22. The van der Waals surface area contributed by atoms with E-state index in [2.05, 4.69) is 15.9 Å². The van der Waals surface area contributed by atoms with Crippen LogP contribution in [0, 0.1) is 0 Å². The Morgan fingerprint density at radius 2 is 2.00 bits per heavy atom. The minimum atomic E-state index is -0.272. The second-order valence-electron chi connectivity index (χ2n) is 2.46. The van der Waals surface area contributed by atoms with Gasteiger partial charge in [0.25, 0.3) is 0 Å². The van der Waals surface area contributed by atoms with Gasteiger partial charge in [0.1, 0.15) is 0 Å². The lowest BCUT2D eigenvalue weighted by Gasteiger charge is -2.11. The summed E-state index contributed by atoms with van der Waals surface area (Å²) in [6, 6.07) is 0. The maximum Gasteiger partial charge on any atom is 0.0662 e. The summed E-state index contributed by atoms with van der Waals surface area (Å²) in [4.78, 5) is 0.159. The first-order chi connectivity index (χ1) is 4.68. The van der Waals surface area contributed by atoms with E-state index in [1.165, 1.54) is 0 Å². The summed E-state index contributed by atoms with van der Waals surface area (Å²) < 4.78 is 0. The molecule has 0 amide bonds. The molecule has 0 rings (SSSR count). The molecule has 2 N–H and O–H groups in total. The third kappa shape index (κ3) is 5.21. The lowest BCUT2D eigenvalue weighted by molar-refractivity contribution is 0.160. The van der Waals surface area contributed by atoms with Gasteiger partial charge in [0.05, 0.1) is 6.10 Å². The molecule has 0 aromatic heterocycles. The van der Waals surface area contributed by atoms with Gasteiger partial charge in [0.2, 0.25) is 0 Å². The molecule has 0 aliphatic heterocycles. The van der Waals surface area contributed by atoms with Crippen molar-refractivity contribution in [3.63, 3.8) is 0 Å². The van der Waals surface area contributed by atoms with Gasteiger partial charge in [-0.3, -0.25) is 0 Å². The summed E-state index contributed by atoms with van der Waals surface area (Å²) >= 11 is 3.28. The Morgan fingerprint density at radius 1 is 1.40 bits per heavy atom. The smallest absolute Gasteiger partial charge is 0.0662 e. The minimum Gasteiger partial charge on any atom is -0.396 e. The van der Waals surface area contributed by atoms with Crippen molar-refractivity contribution >= 4 is 15.9 Å². The Kier molecular flexibility index (Phi) is 6.38. The summed E-state index contributed by atoms with van der Waals surface area (Å²) in [5.74, 6) is 0. The third-order valence-corrected chi connectivity index (χ3v) is 2.05. The van der Waals surface area contributed by atoms with Crippen LogP contribution in [0.5, 0.6) is 0 Å². The predicted molar refractivity (Wildman–Crippen MR) is 45.3 cm³/mol. The normalized spacial score (nSPS) is 16.8. The van der Waals surface area contributed by atoms with Gasteiger partial charge < -0.3 is 10.2 Å². The van der Waals surface area contributed by atoms with Crippen LogP contribution in [-0.4, -0.2) is 27.8 Å². The van der Waals surface area contributed by atoms with E-state index in [9.17, 15) is 5.11 Å². The highest BCUT2D eigenvalue weighted by Crippen LogP contribution is 2.10. The Bertz CT molecular complexity index is 76.0. The van der Waals surface area contributed by atoms with E-state index in [0.717, 1.165) is 19.3 Å². The average molecular weight is 211 g/mol. The molecule has 10 heavy (non-hydrogen) atoms. The molecular formula is C7H15BrO2. The van der Waals surface area contributed by atoms with Crippen molar-refractivity contribution < 1.29 is 10.2 Å². The largest absolute Gasteiger partial charge is 0.396 e. The molecule has 0 heterocycles. The van der Waals surface area contributed by atoms with Crippen molar-refractivity contribution in [2.75, 3.05) is 6.61 Å². The summed E-state index contributed by atoms with van der Waals surface area (Å²) in [6.07, 6.45) is 2.18. The predicted octanol–water partition coefficient (Wildman–Crippen LogP) is 1.29. The molecular weight excluding hydrogens is 196 g/mol. The lowest BCUT2D eigenvalue weighted by Crippen LogP contribution is -2.16. The molecule has 0 spiro atoms. The van der Waals surface area contributed by atoms with Crippen LogP contribution in [0.2, 0.25) is 0 Å². The second kappa shape index (κ2) is 6.13. The van der Waals surface area contributed by atoms with Crippen molar-refractivity contribution in [1.29, 1.82) is 0 Å². The van der Waals surface area contributed by atoms with Crippen molar-refractivity contribution in [2.45, 2.75) is 37.1 Å². The highest BCUT2D eigenvalue weighted by Gasteiger charge is 2.08. The summed E-state index contributed by atoms with van der Waals surface area (Å²) in [5, 5.41) is 17.6. The van der Waals surface area contributed by atoms with E-state index < -0.39 is 0 Å². The van der Waals surface area contributed by atoms with Crippen molar-refractivity contribution in [3.05, 3.63) is 0 Å². The number of halogens is 1. The topological polar surface area (TPSA) is 40.5 Å². The van der Waals surface area contributed by atoms with Gasteiger partial charge in [0.15, 0.2) is 0 Å². The van der Waals surface area contributed by atoms with Crippen LogP contribution < -0.4 is 0 Å². The summed E-state index contributed by atoms with van der Waals surface area (Å²) in [7, 11) is 0. The number of aliphatic hydroxyl groups excluding tert-OH is 2.